The van der Waals surface area contributed by atoms with Crippen LogP contribution in [0.5, 0.6) is 11.5 Å². The number of amidine groups is 1. The van der Waals surface area contributed by atoms with Gasteiger partial charge in [-0.05, 0) is 11.6 Å². The van der Waals surface area contributed by atoms with Crippen LogP contribution >= 0.6 is 19.2 Å². The molecule has 0 bridgehead atoms. The molecule has 0 aromatic carbocycles. The fraction of sp³-hybridized carbons (Fsp3) is 0.462. The first-order valence-corrected chi connectivity index (χ1v) is 10.1. The number of fused-ring (bicyclic) bond motifs is 1. The highest BCUT2D eigenvalue weighted by molar-refractivity contribution is 7.52. The molecule has 17 heteroatoms. The minimum Gasteiger partial charge on any atom is -0.502 e. The van der Waals surface area contributed by atoms with Gasteiger partial charge in [0.25, 0.3) is 5.85 Å². The highest BCUT2D eigenvalue weighted by atomic mass is 35.5. The Kier molecular flexibility index (Phi) is 5.77. The van der Waals surface area contributed by atoms with E-state index in [4.69, 9.17) is 25.8 Å². The molecule has 1 aromatic rings. The van der Waals surface area contributed by atoms with E-state index >= 15 is 0 Å². The van der Waals surface area contributed by atoms with Crippen LogP contribution in [0.2, 0.25) is 0 Å². The third-order valence-electron chi connectivity index (χ3n) is 4.11. The van der Waals surface area contributed by atoms with Crippen molar-refractivity contribution in [3.63, 3.8) is 0 Å². The fourth-order valence-corrected chi connectivity index (χ4v) is 3.67. The number of furan rings is 1. The molecule has 12 nitrogen and oxygen atoms in total. The zero-order valence-electron chi connectivity index (χ0n) is 14.9. The summed E-state index contributed by atoms with van der Waals surface area (Å²) in [6.45, 7) is -1.16. The summed E-state index contributed by atoms with van der Waals surface area (Å²) in [6.07, 6.45) is -6.11. The fourth-order valence-electron chi connectivity index (χ4n) is 2.84. The first-order chi connectivity index (χ1) is 13.8. The summed E-state index contributed by atoms with van der Waals surface area (Å²) in [4.78, 5) is 23.1. The first kappa shape index (κ1) is 22.4. The van der Waals surface area contributed by atoms with E-state index in [2.05, 4.69) is 25.7 Å². The topological polar surface area (TPSA) is 172 Å². The number of hydrogen-bond acceptors (Lipinski definition) is 10. The molecule has 7 N–H and O–H groups in total. The zero-order chi connectivity index (χ0) is 22.4. The van der Waals surface area contributed by atoms with Crippen LogP contribution in [0.3, 0.4) is 0 Å². The lowest BCUT2D eigenvalue weighted by atomic mass is 10.3. The minimum atomic E-state index is -5.72. The SMILES string of the molecule is CNC1=C2NCN(c3oc(CO[C@@H](C(F)(F)F)P(=O)(O)O)c(O)c3O)[C@H]2NC(Cl)=N1. The number of nitrogens with one attached hydrogen (secondary N) is 3. The predicted octanol–water partition coefficient (Wildman–Crippen LogP) is 0.553. The molecule has 2 atom stereocenters. The van der Waals surface area contributed by atoms with Gasteiger partial charge in [-0.1, -0.05) is 0 Å². The number of aliphatic imine (C=N–C) groups is 1. The largest absolute Gasteiger partial charge is 0.502 e. The Morgan fingerprint density at radius 2 is 2.10 bits per heavy atom. The number of nitrogens with zero attached hydrogens (tertiary/aromatic N) is 2. The number of anilines is 1. The highest BCUT2D eigenvalue weighted by Crippen LogP contribution is 2.51. The smallest absolute Gasteiger partial charge is 0.426 e. The molecule has 1 saturated heterocycles. The van der Waals surface area contributed by atoms with E-state index in [1.165, 1.54) is 4.90 Å². The maximum Gasteiger partial charge on any atom is 0.426 e. The van der Waals surface area contributed by atoms with Gasteiger partial charge in [-0.2, -0.15) is 13.2 Å². The number of hydrogen-bond donors (Lipinski definition) is 7. The van der Waals surface area contributed by atoms with Crippen molar-refractivity contribution in [1.29, 1.82) is 0 Å². The van der Waals surface area contributed by atoms with Crippen LogP contribution in [0, 0.1) is 0 Å². The molecular formula is C13H16ClF3N5O7P. The maximum atomic E-state index is 12.8. The second-order valence-electron chi connectivity index (χ2n) is 6.09. The van der Waals surface area contributed by atoms with Crippen molar-refractivity contribution < 1.29 is 46.9 Å². The van der Waals surface area contributed by atoms with Gasteiger partial charge in [-0.25, -0.2) is 4.99 Å². The molecule has 2 aliphatic heterocycles. The number of ether oxygens (including phenoxy) is 1. The zero-order valence-corrected chi connectivity index (χ0v) is 16.6. The summed E-state index contributed by atoms with van der Waals surface area (Å²) < 4.78 is 59.0. The second kappa shape index (κ2) is 7.74. The monoisotopic (exact) mass is 477 g/mol. The van der Waals surface area contributed by atoms with Crippen LogP contribution < -0.4 is 20.9 Å². The molecule has 0 saturated carbocycles. The third kappa shape index (κ3) is 4.11. The molecule has 30 heavy (non-hydrogen) atoms. The second-order valence-corrected chi connectivity index (χ2v) is 8.09. The van der Waals surface area contributed by atoms with Gasteiger partial charge in [0.15, 0.2) is 16.9 Å². The Bertz CT molecular complexity index is 946. The molecule has 3 heterocycles. The Morgan fingerprint density at radius 1 is 1.43 bits per heavy atom. The van der Waals surface area contributed by atoms with Gasteiger partial charge in [0.2, 0.25) is 17.4 Å². The first-order valence-electron chi connectivity index (χ1n) is 8.04. The van der Waals surface area contributed by atoms with E-state index in [1.807, 2.05) is 0 Å². The van der Waals surface area contributed by atoms with E-state index in [-0.39, 0.29) is 17.8 Å². The van der Waals surface area contributed by atoms with Crippen molar-refractivity contribution in [2.75, 3.05) is 18.6 Å². The van der Waals surface area contributed by atoms with Crippen LogP contribution in [0.15, 0.2) is 20.9 Å². The van der Waals surface area contributed by atoms with Gasteiger partial charge in [0.1, 0.15) is 12.8 Å². The Hall–Kier alpha value is -2.32. The molecule has 0 spiro atoms. The van der Waals surface area contributed by atoms with Crippen LogP contribution in [0.4, 0.5) is 19.1 Å². The Balaban J connectivity index is 1.85. The van der Waals surface area contributed by atoms with Crippen LogP contribution in [-0.4, -0.2) is 57.2 Å². The van der Waals surface area contributed by atoms with Crippen molar-refractivity contribution in [3.8, 4) is 11.5 Å². The van der Waals surface area contributed by atoms with Gasteiger partial charge in [-0.15, -0.1) is 0 Å². The van der Waals surface area contributed by atoms with Crippen molar-refractivity contribution in [2.24, 2.45) is 4.99 Å². The third-order valence-corrected chi connectivity index (χ3v) is 5.36. The molecule has 3 rings (SSSR count). The number of rotatable bonds is 6. The molecule has 0 unspecified atom stereocenters. The lowest BCUT2D eigenvalue weighted by Crippen LogP contribution is -2.46. The van der Waals surface area contributed by atoms with Crippen molar-refractivity contribution in [1.82, 2.24) is 16.0 Å². The van der Waals surface area contributed by atoms with Crippen LogP contribution in [0.1, 0.15) is 5.76 Å². The Morgan fingerprint density at radius 3 is 2.67 bits per heavy atom. The predicted molar refractivity (Wildman–Crippen MR) is 95.5 cm³/mol. The van der Waals surface area contributed by atoms with E-state index < -0.39 is 49.6 Å². The minimum absolute atomic E-state index is 0.00436. The van der Waals surface area contributed by atoms with Gasteiger partial charge in [0, 0.05) is 7.05 Å². The lowest BCUT2D eigenvalue weighted by Gasteiger charge is -2.27. The van der Waals surface area contributed by atoms with E-state index in [0.717, 1.165) is 0 Å². The quantitative estimate of drug-likeness (QED) is 0.225. The summed E-state index contributed by atoms with van der Waals surface area (Å²) in [6, 6.07) is 0. The summed E-state index contributed by atoms with van der Waals surface area (Å²) in [5.41, 5.74) is 0.508. The number of aromatic hydroxyl groups is 2. The molecule has 168 valence electrons. The Labute approximate surface area is 171 Å². The summed E-state index contributed by atoms with van der Waals surface area (Å²) in [7, 11) is -4.13. The van der Waals surface area contributed by atoms with Crippen LogP contribution in [0.25, 0.3) is 0 Å². The average Bonchev–Trinajstić information content (AvgIpc) is 3.14. The van der Waals surface area contributed by atoms with E-state index in [1.54, 1.807) is 7.05 Å². The number of halogens is 4. The summed E-state index contributed by atoms with van der Waals surface area (Å²) in [5.74, 6) is -5.85. The molecular weight excluding hydrogens is 462 g/mol. The van der Waals surface area contributed by atoms with Gasteiger partial charge >= 0.3 is 13.8 Å². The lowest BCUT2D eigenvalue weighted by molar-refractivity contribution is -0.200. The summed E-state index contributed by atoms with van der Waals surface area (Å²) >= 11 is 5.92. The average molecular weight is 478 g/mol. The molecule has 1 aromatic heterocycles. The standard InChI is InChI=1S/C13H16ClF3N5O7P/c1-18-8-5-9(21-12(14)20-8)22(3-19-5)10-7(24)6(23)4(29-10)2-28-11(13(15,16)17)30(25,26)27/h9,11,18-19,23-24H,2-3H2,1H3,(H,20,21)(H2,25,26,27)/t9-,11-/m1/s1. The van der Waals surface area contributed by atoms with Gasteiger partial charge in [0.05, 0.1) is 12.4 Å². The number of alkyl halides is 3. The molecule has 2 aliphatic rings. The van der Waals surface area contributed by atoms with E-state index in [0.29, 0.717) is 11.5 Å². The van der Waals surface area contributed by atoms with Gasteiger partial charge in [-0.3, -0.25) is 9.46 Å². The molecule has 0 amide bonds. The van der Waals surface area contributed by atoms with Crippen LogP contribution in [-0.2, 0) is 15.9 Å². The molecule has 0 radical (unpaired) electrons. The summed E-state index contributed by atoms with van der Waals surface area (Å²) in [5, 5.41) is 28.7. The highest BCUT2D eigenvalue weighted by Gasteiger charge is 2.52. The maximum absolute atomic E-state index is 12.8. The molecule has 1 fully saturated rings. The molecule has 0 aliphatic carbocycles. The van der Waals surface area contributed by atoms with Crippen molar-refractivity contribution >= 4 is 30.4 Å². The van der Waals surface area contributed by atoms with Crippen molar-refractivity contribution in [2.45, 2.75) is 24.8 Å². The van der Waals surface area contributed by atoms with Gasteiger partial charge < -0.3 is 45.1 Å². The van der Waals surface area contributed by atoms with Crippen molar-refractivity contribution in [3.05, 3.63) is 17.3 Å². The normalized spacial score (nSPS) is 20.4. The van der Waals surface area contributed by atoms with E-state index in [9.17, 15) is 27.9 Å².